The molecule has 1 aliphatic heterocycles. The minimum absolute atomic E-state index is 0.0143. The molecule has 3 rings (SSSR count). The number of ether oxygens (including phenoxy) is 3. The number of sulfonamides is 1. The van der Waals surface area contributed by atoms with E-state index in [9.17, 15) is 13.2 Å². The summed E-state index contributed by atoms with van der Waals surface area (Å²) in [4.78, 5) is 12.6. The lowest BCUT2D eigenvalue weighted by Crippen LogP contribution is -2.36. The summed E-state index contributed by atoms with van der Waals surface area (Å²) in [6.07, 6.45) is 4.40. The topological polar surface area (TPSA) is 82.1 Å². The molecule has 8 heteroatoms. The van der Waals surface area contributed by atoms with Gasteiger partial charge >= 0.3 is 5.97 Å². The third-order valence-corrected chi connectivity index (χ3v) is 7.83. The first kappa shape index (κ1) is 25.8. The number of carbonyl (C=O) groups excluding carboxylic acids is 1. The van der Waals surface area contributed by atoms with E-state index in [2.05, 4.69) is 5.92 Å². The van der Waals surface area contributed by atoms with E-state index in [1.807, 2.05) is 32.0 Å². The van der Waals surface area contributed by atoms with E-state index in [-0.39, 0.29) is 30.7 Å². The second-order valence-corrected chi connectivity index (χ2v) is 10.9. The SMILES string of the molecule is C#CCOC(c1ccc(C)c(CN2C[C@@H](C)Oc3ccccc3S2(=O)=O)c1)C(C)(C)C(=O)OC. The quantitative estimate of drug-likeness (QED) is 0.438. The highest BCUT2D eigenvalue weighted by molar-refractivity contribution is 7.89. The zero-order valence-corrected chi connectivity index (χ0v) is 21.0. The van der Waals surface area contributed by atoms with Crippen molar-refractivity contribution in [2.24, 2.45) is 5.41 Å². The number of terminal acetylenes is 1. The Hall–Kier alpha value is -2.86. The maximum Gasteiger partial charge on any atom is 0.314 e. The number of hydrogen-bond acceptors (Lipinski definition) is 6. The van der Waals surface area contributed by atoms with E-state index >= 15 is 0 Å². The molecule has 0 radical (unpaired) electrons. The first-order valence-electron chi connectivity index (χ1n) is 11.0. The van der Waals surface area contributed by atoms with Crippen LogP contribution in [0.3, 0.4) is 0 Å². The van der Waals surface area contributed by atoms with Gasteiger partial charge in [-0.1, -0.05) is 36.3 Å². The van der Waals surface area contributed by atoms with E-state index in [0.717, 1.165) is 11.1 Å². The maximum absolute atomic E-state index is 13.5. The van der Waals surface area contributed by atoms with Crippen molar-refractivity contribution in [1.82, 2.24) is 4.31 Å². The largest absolute Gasteiger partial charge is 0.488 e. The van der Waals surface area contributed by atoms with Crippen molar-refractivity contribution in [3.8, 4) is 18.1 Å². The van der Waals surface area contributed by atoms with Gasteiger partial charge in [-0.25, -0.2) is 8.42 Å². The fraction of sp³-hybridized carbons (Fsp3) is 0.423. The summed E-state index contributed by atoms with van der Waals surface area (Å²) in [5.74, 6) is 2.36. The van der Waals surface area contributed by atoms with Gasteiger partial charge in [0.1, 0.15) is 23.4 Å². The minimum atomic E-state index is -3.78. The molecule has 2 aromatic rings. The molecule has 0 aliphatic carbocycles. The van der Waals surface area contributed by atoms with Crippen LogP contribution in [0.4, 0.5) is 0 Å². The Balaban J connectivity index is 2.02. The fourth-order valence-electron chi connectivity index (χ4n) is 4.13. The lowest BCUT2D eigenvalue weighted by molar-refractivity contribution is -0.160. The van der Waals surface area contributed by atoms with Crippen LogP contribution >= 0.6 is 0 Å². The van der Waals surface area contributed by atoms with E-state index in [4.69, 9.17) is 20.6 Å². The molecular formula is C26H31NO6S. The maximum atomic E-state index is 13.5. The van der Waals surface area contributed by atoms with Gasteiger partial charge < -0.3 is 14.2 Å². The summed E-state index contributed by atoms with van der Waals surface area (Å²) >= 11 is 0. The molecule has 0 aromatic heterocycles. The molecule has 0 spiro atoms. The van der Waals surface area contributed by atoms with E-state index in [1.165, 1.54) is 11.4 Å². The molecule has 2 aromatic carbocycles. The average Bonchev–Trinajstić information content (AvgIpc) is 2.88. The van der Waals surface area contributed by atoms with Crippen LogP contribution < -0.4 is 4.74 Å². The van der Waals surface area contributed by atoms with E-state index in [1.54, 1.807) is 38.1 Å². The molecule has 1 heterocycles. The lowest BCUT2D eigenvalue weighted by Gasteiger charge is -2.32. The molecule has 182 valence electrons. The molecule has 0 fully saturated rings. The third kappa shape index (κ3) is 5.12. The van der Waals surface area contributed by atoms with Crippen LogP contribution in [0.2, 0.25) is 0 Å². The standard InChI is InChI=1S/C26H31NO6S/c1-7-14-32-24(26(4,5)25(28)31-6)20-13-12-18(2)21(15-20)17-27-16-19(3)33-22-10-8-9-11-23(22)34(27,29)30/h1,8-13,15,19,24H,14,16-17H2,2-6H3/t19-,24?/m1/s1. The summed E-state index contributed by atoms with van der Waals surface area (Å²) in [6.45, 7) is 7.58. The number of esters is 1. The van der Waals surface area contributed by atoms with E-state index in [0.29, 0.717) is 11.3 Å². The predicted octanol–water partition coefficient (Wildman–Crippen LogP) is 3.86. The Morgan fingerprint density at radius 2 is 2.00 bits per heavy atom. The first-order valence-corrected chi connectivity index (χ1v) is 12.4. The molecule has 0 amide bonds. The van der Waals surface area contributed by atoms with Gasteiger partial charge in [-0.2, -0.15) is 4.31 Å². The van der Waals surface area contributed by atoms with Crippen molar-refractivity contribution in [1.29, 1.82) is 0 Å². The summed E-state index contributed by atoms with van der Waals surface area (Å²) < 4.78 is 45.1. The minimum Gasteiger partial charge on any atom is -0.488 e. The summed E-state index contributed by atoms with van der Waals surface area (Å²) in [7, 11) is -2.46. The molecule has 34 heavy (non-hydrogen) atoms. The fourth-order valence-corrected chi connectivity index (χ4v) is 5.74. The van der Waals surface area contributed by atoms with Crippen LogP contribution in [0.1, 0.15) is 43.6 Å². The number of benzene rings is 2. The van der Waals surface area contributed by atoms with Crippen molar-refractivity contribution < 1.29 is 27.4 Å². The smallest absolute Gasteiger partial charge is 0.314 e. The molecule has 0 saturated carbocycles. The van der Waals surface area contributed by atoms with Gasteiger partial charge in [0, 0.05) is 6.54 Å². The van der Waals surface area contributed by atoms with Crippen molar-refractivity contribution in [3.05, 3.63) is 59.2 Å². The number of nitrogens with zero attached hydrogens (tertiary/aromatic N) is 1. The van der Waals surface area contributed by atoms with Gasteiger partial charge in [-0.05, 0) is 56.5 Å². The van der Waals surface area contributed by atoms with Gasteiger partial charge in [0.2, 0.25) is 10.0 Å². The number of aryl methyl sites for hydroxylation is 1. The third-order valence-electron chi connectivity index (χ3n) is 5.98. The molecule has 1 aliphatic rings. The van der Waals surface area contributed by atoms with Gasteiger partial charge in [0.15, 0.2) is 0 Å². The summed E-state index contributed by atoms with van der Waals surface area (Å²) in [5, 5.41) is 0. The number of carbonyl (C=O) groups is 1. The number of fused-ring (bicyclic) bond motifs is 1. The summed E-state index contributed by atoms with van der Waals surface area (Å²) in [6, 6.07) is 12.3. The highest BCUT2D eigenvalue weighted by Crippen LogP contribution is 2.39. The number of rotatable bonds is 7. The van der Waals surface area contributed by atoms with Crippen molar-refractivity contribution in [2.45, 2.75) is 51.3 Å². The van der Waals surface area contributed by atoms with Crippen LogP contribution in [0.15, 0.2) is 47.4 Å². The molecule has 7 nitrogen and oxygen atoms in total. The Kier molecular flexibility index (Phi) is 7.71. The van der Waals surface area contributed by atoms with Gasteiger partial charge in [0.05, 0.1) is 25.2 Å². The number of hydrogen-bond donors (Lipinski definition) is 0. The molecule has 0 bridgehead atoms. The highest BCUT2D eigenvalue weighted by Gasteiger charge is 2.40. The zero-order valence-electron chi connectivity index (χ0n) is 20.2. The second-order valence-electron chi connectivity index (χ2n) is 8.97. The zero-order chi connectivity index (χ0) is 25.1. The second kappa shape index (κ2) is 10.2. The van der Waals surface area contributed by atoms with Crippen LogP contribution in [0.5, 0.6) is 5.75 Å². The van der Waals surface area contributed by atoms with Gasteiger partial charge in [-0.3, -0.25) is 4.79 Å². The molecule has 0 saturated heterocycles. The normalized spacial score (nSPS) is 18.6. The van der Waals surface area contributed by atoms with Crippen LogP contribution in [0, 0.1) is 24.7 Å². The molecule has 2 atom stereocenters. The molecule has 1 unspecified atom stereocenters. The summed E-state index contributed by atoms with van der Waals surface area (Å²) in [5.41, 5.74) is 1.40. The van der Waals surface area contributed by atoms with Crippen LogP contribution in [0.25, 0.3) is 0 Å². The Morgan fingerprint density at radius 3 is 2.68 bits per heavy atom. The monoisotopic (exact) mass is 485 g/mol. The predicted molar refractivity (Wildman–Crippen MR) is 129 cm³/mol. The lowest BCUT2D eigenvalue weighted by atomic mass is 9.81. The average molecular weight is 486 g/mol. The van der Waals surface area contributed by atoms with Gasteiger partial charge in [0.25, 0.3) is 0 Å². The number of methoxy groups -OCH3 is 1. The van der Waals surface area contributed by atoms with Crippen molar-refractivity contribution >= 4 is 16.0 Å². The highest BCUT2D eigenvalue weighted by atomic mass is 32.2. The van der Waals surface area contributed by atoms with Crippen molar-refractivity contribution in [3.63, 3.8) is 0 Å². The first-order chi connectivity index (χ1) is 16.0. The Labute approximate surface area is 202 Å². The Morgan fingerprint density at radius 1 is 1.29 bits per heavy atom. The van der Waals surface area contributed by atoms with Crippen LogP contribution in [-0.4, -0.2) is 45.1 Å². The molecular weight excluding hydrogens is 454 g/mol. The molecule has 0 N–H and O–H groups in total. The van der Waals surface area contributed by atoms with Gasteiger partial charge in [-0.15, -0.1) is 6.42 Å². The van der Waals surface area contributed by atoms with Crippen LogP contribution in [-0.2, 0) is 30.8 Å². The number of para-hydroxylation sites is 1. The van der Waals surface area contributed by atoms with Crippen molar-refractivity contribution in [2.75, 3.05) is 20.3 Å². The van der Waals surface area contributed by atoms with E-state index < -0.39 is 27.5 Å². The Bertz CT molecular complexity index is 1200.